The highest BCUT2D eigenvalue weighted by Gasteiger charge is 2.01. The molecule has 3 aromatic rings. The van der Waals surface area contributed by atoms with E-state index in [0.717, 1.165) is 28.1 Å². The Morgan fingerprint density at radius 1 is 0.917 bits per heavy atom. The third-order valence-corrected chi connectivity index (χ3v) is 3.63. The van der Waals surface area contributed by atoms with Crippen molar-refractivity contribution >= 4 is 11.9 Å². The summed E-state index contributed by atoms with van der Waals surface area (Å²) in [5.41, 5.74) is 7.23. The topological polar surface area (TPSA) is 33.6 Å². The molecule has 0 aliphatic rings. The number of nitrogens with zero attached hydrogens (tertiary/aromatic N) is 1. The maximum Gasteiger partial charge on any atom is 0.123 e. The van der Waals surface area contributed by atoms with E-state index >= 15 is 0 Å². The summed E-state index contributed by atoms with van der Waals surface area (Å²) < 4.78 is 5.95. The second-order valence-electron chi connectivity index (χ2n) is 5.54. The predicted molar refractivity (Wildman–Crippen MR) is 99.6 cm³/mol. The maximum atomic E-state index is 5.95. The molecule has 3 nitrogen and oxygen atoms in total. The van der Waals surface area contributed by atoms with Gasteiger partial charge in [0, 0.05) is 0 Å². The summed E-state index contributed by atoms with van der Waals surface area (Å²) in [6.07, 6.45) is 1.79. The molecular formula is C21H20N2O. The van der Waals surface area contributed by atoms with E-state index in [1.165, 1.54) is 0 Å². The Bertz CT molecular complexity index is 799. The van der Waals surface area contributed by atoms with Crippen molar-refractivity contribution in [2.24, 2.45) is 5.10 Å². The summed E-state index contributed by atoms with van der Waals surface area (Å²) in [6.45, 7) is 2.61. The van der Waals surface area contributed by atoms with E-state index in [1.807, 2.05) is 73.7 Å². The molecule has 3 rings (SSSR count). The summed E-state index contributed by atoms with van der Waals surface area (Å²) in [6, 6.07) is 26.1. The van der Waals surface area contributed by atoms with Gasteiger partial charge in [-0.1, -0.05) is 60.7 Å². The van der Waals surface area contributed by atoms with Crippen molar-refractivity contribution in [3.05, 3.63) is 95.6 Å². The SMILES string of the molecule is Cc1ccc(C=NNc2ccccc2)cc1OCc1ccccc1. The second-order valence-corrected chi connectivity index (χ2v) is 5.54. The molecular weight excluding hydrogens is 296 g/mol. The molecule has 24 heavy (non-hydrogen) atoms. The average Bonchev–Trinajstić information content (AvgIpc) is 2.64. The van der Waals surface area contributed by atoms with Crippen LogP contribution in [0.2, 0.25) is 0 Å². The molecule has 120 valence electrons. The van der Waals surface area contributed by atoms with Crippen molar-refractivity contribution in [1.82, 2.24) is 0 Å². The molecule has 3 aromatic carbocycles. The van der Waals surface area contributed by atoms with E-state index in [4.69, 9.17) is 4.74 Å². The van der Waals surface area contributed by atoms with Crippen molar-refractivity contribution in [3.63, 3.8) is 0 Å². The Labute approximate surface area is 142 Å². The fourth-order valence-corrected chi connectivity index (χ4v) is 2.28. The number of anilines is 1. The molecule has 0 bridgehead atoms. The lowest BCUT2D eigenvalue weighted by Gasteiger charge is -2.10. The quantitative estimate of drug-likeness (QED) is 0.512. The van der Waals surface area contributed by atoms with Crippen molar-refractivity contribution in [3.8, 4) is 5.75 Å². The van der Waals surface area contributed by atoms with Crippen molar-refractivity contribution in [1.29, 1.82) is 0 Å². The van der Waals surface area contributed by atoms with Gasteiger partial charge in [0.15, 0.2) is 0 Å². The minimum absolute atomic E-state index is 0.560. The zero-order valence-corrected chi connectivity index (χ0v) is 13.6. The molecule has 0 aromatic heterocycles. The van der Waals surface area contributed by atoms with Gasteiger partial charge in [-0.15, -0.1) is 0 Å². The number of rotatable bonds is 6. The standard InChI is InChI=1S/C21H20N2O/c1-17-12-13-19(15-22-23-20-10-6-3-7-11-20)14-21(17)24-16-18-8-4-2-5-9-18/h2-15,23H,16H2,1H3. The third-order valence-electron chi connectivity index (χ3n) is 3.63. The van der Waals surface area contributed by atoms with E-state index in [1.54, 1.807) is 6.21 Å². The predicted octanol–water partition coefficient (Wildman–Crippen LogP) is 5.02. The number of nitrogens with one attached hydrogen (secondary N) is 1. The highest BCUT2D eigenvalue weighted by molar-refractivity contribution is 5.81. The van der Waals surface area contributed by atoms with Crippen molar-refractivity contribution in [2.75, 3.05) is 5.43 Å². The zero-order chi connectivity index (χ0) is 16.6. The van der Waals surface area contributed by atoms with E-state index in [9.17, 15) is 0 Å². The van der Waals surface area contributed by atoms with Gasteiger partial charge in [-0.3, -0.25) is 5.43 Å². The van der Waals surface area contributed by atoms with Crippen LogP contribution in [-0.4, -0.2) is 6.21 Å². The minimum atomic E-state index is 0.560. The molecule has 0 heterocycles. The number of para-hydroxylation sites is 1. The number of benzene rings is 3. The third kappa shape index (κ3) is 4.46. The van der Waals surface area contributed by atoms with E-state index in [-0.39, 0.29) is 0 Å². The van der Waals surface area contributed by atoms with E-state index in [2.05, 4.69) is 22.7 Å². The van der Waals surface area contributed by atoms with Crippen LogP contribution in [0.25, 0.3) is 0 Å². The molecule has 0 unspecified atom stereocenters. The van der Waals surface area contributed by atoms with Crippen molar-refractivity contribution < 1.29 is 4.74 Å². The molecule has 3 heteroatoms. The molecule has 0 amide bonds. The van der Waals surface area contributed by atoms with Gasteiger partial charge in [0.05, 0.1) is 11.9 Å². The molecule has 0 radical (unpaired) electrons. The normalized spacial score (nSPS) is 10.7. The summed E-state index contributed by atoms with van der Waals surface area (Å²) in [5.74, 6) is 0.877. The first-order chi connectivity index (χ1) is 11.8. The first kappa shape index (κ1) is 15.8. The number of aryl methyl sites for hydroxylation is 1. The highest BCUT2D eigenvalue weighted by atomic mass is 16.5. The summed E-state index contributed by atoms with van der Waals surface area (Å²) >= 11 is 0. The maximum absolute atomic E-state index is 5.95. The van der Waals surface area contributed by atoms with Gasteiger partial charge < -0.3 is 4.74 Å². The van der Waals surface area contributed by atoms with Gasteiger partial charge in [0.2, 0.25) is 0 Å². The molecule has 0 spiro atoms. The Morgan fingerprint density at radius 2 is 1.62 bits per heavy atom. The zero-order valence-electron chi connectivity index (χ0n) is 13.6. The fourth-order valence-electron chi connectivity index (χ4n) is 2.28. The summed E-state index contributed by atoms with van der Waals surface area (Å²) in [7, 11) is 0. The van der Waals surface area contributed by atoms with Crippen LogP contribution in [-0.2, 0) is 6.61 Å². The van der Waals surface area contributed by atoms with Crippen LogP contribution in [0.4, 0.5) is 5.69 Å². The fraction of sp³-hybridized carbons (Fsp3) is 0.0952. The molecule has 0 atom stereocenters. The average molecular weight is 316 g/mol. The second kappa shape index (κ2) is 7.97. The van der Waals surface area contributed by atoms with Gasteiger partial charge in [0.25, 0.3) is 0 Å². The first-order valence-electron chi connectivity index (χ1n) is 7.93. The highest BCUT2D eigenvalue weighted by Crippen LogP contribution is 2.20. The summed E-state index contributed by atoms with van der Waals surface area (Å²) in [4.78, 5) is 0. The molecule has 0 saturated carbocycles. The van der Waals surface area contributed by atoms with Crippen LogP contribution in [0.1, 0.15) is 16.7 Å². The molecule has 1 N–H and O–H groups in total. The Morgan fingerprint density at radius 3 is 2.38 bits per heavy atom. The summed E-state index contributed by atoms with van der Waals surface area (Å²) in [5, 5.41) is 4.27. The van der Waals surface area contributed by atoms with E-state index in [0.29, 0.717) is 6.61 Å². The first-order valence-corrected chi connectivity index (χ1v) is 7.93. The number of hydrazone groups is 1. The smallest absolute Gasteiger partial charge is 0.123 e. The molecule has 0 aliphatic carbocycles. The largest absolute Gasteiger partial charge is 0.489 e. The molecule has 0 aliphatic heterocycles. The van der Waals surface area contributed by atoms with Gasteiger partial charge in [-0.25, -0.2) is 0 Å². The Balaban J connectivity index is 1.65. The lowest BCUT2D eigenvalue weighted by Crippen LogP contribution is -1.98. The van der Waals surface area contributed by atoms with Crippen LogP contribution in [0.15, 0.2) is 84.0 Å². The van der Waals surface area contributed by atoms with Crippen LogP contribution in [0, 0.1) is 6.92 Å². The van der Waals surface area contributed by atoms with Crippen molar-refractivity contribution in [2.45, 2.75) is 13.5 Å². The molecule has 0 saturated heterocycles. The number of ether oxygens (including phenoxy) is 1. The Hall–Kier alpha value is -3.07. The monoisotopic (exact) mass is 316 g/mol. The van der Waals surface area contributed by atoms with E-state index < -0.39 is 0 Å². The lowest BCUT2D eigenvalue weighted by molar-refractivity contribution is 0.304. The van der Waals surface area contributed by atoms with Gasteiger partial charge >= 0.3 is 0 Å². The van der Waals surface area contributed by atoms with Gasteiger partial charge in [-0.05, 0) is 41.8 Å². The Kier molecular flexibility index (Phi) is 5.25. The van der Waals surface area contributed by atoms with Crippen LogP contribution >= 0.6 is 0 Å². The lowest BCUT2D eigenvalue weighted by atomic mass is 10.1. The van der Waals surface area contributed by atoms with Gasteiger partial charge in [-0.2, -0.15) is 5.10 Å². The minimum Gasteiger partial charge on any atom is -0.489 e. The van der Waals surface area contributed by atoms with Crippen LogP contribution in [0.5, 0.6) is 5.75 Å². The van der Waals surface area contributed by atoms with Crippen LogP contribution in [0.3, 0.4) is 0 Å². The van der Waals surface area contributed by atoms with Crippen LogP contribution < -0.4 is 10.2 Å². The van der Waals surface area contributed by atoms with Gasteiger partial charge in [0.1, 0.15) is 12.4 Å². The molecule has 0 fully saturated rings. The number of hydrogen-bond donors (Lipinski definition) is 1. The number of hydrogen-bond acceptors (Lipinski definition) is 3.